The van der Waals surface area contributed by atoms with Crippen LogP contribution < -0.4 is 5.32 Å². The molecule has 0 spiro atoms. The predicted molar refractivity (Wildman–Crippen MR) is 107 cm³/mol. The lowest BCUT2D eigenvalue weighted by Crippen LogP contribution is -2.38. The molecular weight excluding hydrogens is 354 g/mol. The highest BCUT2D eigenvalue weighted by molar-refractivity contribution is 5.97. The summed E-state index contributed by atoms with van der Waals surface area (Å²) in [5.41, 5.74) is 1.48. The van der Waals surface area contributed by atoms with Crippen LogP contribution in [-0.2, 0) is 4.74 Å². The van der Waals surface area contributed by atoms with Crippen LogP contribution in [0.3, 0.4) is 0 Å². The van der Waals surface area contributed by atoms with Crippen LogP contribution in [0.25, 0.3) is 11.5 Å². The molecule has 4 rings (SSSR count). The van der Waals surface area contributed by atoms with Crippen LogP contribution in [0.1, 0.15) is 16.8 Å². The summed E-state index contributed by atoms with van der Waals surface area (Å²) < 4.78 is 9.08. The SMILES string of the molecule is O=C(NCCCN1CCOCC1)c1cnn(-c2ccccc2)c1-n1cccc1. The summed E-state index contributed by atoms with van der Waals surface area (Å²) in [7, 11) is 0. The largest absolute Gasteiger partial charge is 0.379 e. The van der Waals surface area contributed by atoms with E-state index in [0.29, 0.717) is 12.1 Å². The number of nitrogens with zero attached hydrogens (tertiary/aromatic N) is 4. The molecule has 1 aliphatic heterocycles. The lowest BCUT2D eigenvalue weighted by atomic mass is 10.2. The van der Waals surface area contributed by atoms with Gasteiger partial charge in [0.1, 0.15) is 5.56 Å². The van der Waals surface area contributed by atoms with E-state index in [-0.39, 0.29) is 5.91 Å². The molecule has 28 heavy (non-hydrogen) atoms. The Labute approximate surface area is 164 Å². The number of rotatable bonds is 7. The van der Waals surface area contributed by atoms with E-state index in [9.17, 15) is 4.79 Å². The van der Waals surface area contributed by atoms with Crippen LogP contribution in [0.5, 0.6) is 0 Å². The number of hydrogen-bond acceptors (Lipinski definition) is 4. The van der Waals surface area contributed by atoms with Crippen LogP contribution in [0.4, 0.5) is 0 Å². The molecule has 0 aliphatic carbocycles. The van der Waals surface area contributed by atoms with Crippen molar-refractivity contribution >= 4 is 5.91 Å². The monoisotopic (exact) mass is 379 g/mol. The minimum Gasteiger partial charge on any atom is -0.379 e. The molecule has 1 saturated heterocycles. The second kappa shape index (κ2) is 8.86. The molecule has 7 nitrogen and oxygen atoms in total. The molecule has 7 heteroatoms. The topological polar surface area (TPSA) is 64.3 Å². The smallest absolute Gasteiger partial charge is 0.256 e. The standard InChI is InChI=1S/C21H25N5O2/c27-20(22-9-6-10-24-13-15-28-16-14-24)19-17-23-26(18-7-2-1-3-8-18)21(19)25-11-4-5-12-25/h1-5,7-8,11-12,17H,6,9-10,13-16H2,(H,22,27). The Morgan fingerprint density at radius 1 is 1.07 bits per heavy atom. The first-order valence-corrected chi connectivity index (χ1v) is 9.68. The highest BCUT2D eigenvalue weighted by atomic mass is 16.5. The summed E-state index contributed by atoms with van der Waals surface area (Å²) >= 11 is 0. The van der Waals surface area contributed by atoms with Gasteiger partial charge in [-0.05, 0) is 37.2 Å². The molecule has 1 aromatic carbocycles. The van der Waals surface area contributed by atoms with Crippen molar-refractivity contribution in [1.29, 1.82) is 0 Å². The van der Waals surface area contributed by atoms with Crippen LogP contribution in [0, 0.1) is 0 Å². The molecular formula is C21H25N5O2. The van der Waals surface area contributed by atoms with Crippen molar-refractivity contribution in [2.45, 2.75) is 6.42 Å². The van der Waals surface area contributed by atoms with Crippen molar-refractivity contribution in [2.24, 2.45) is 0 Å². The summed E-state index contributed by atoms with van der Waals surface area (Å²) in [6.45, 7) is 5.14. The van der Waals surface area contributed by atoms with E-state index in [1.807, 2.05) is 59.4 Å². The number of amides is 1. The molecule has 146 valence electrons. The van der Waals surface area contributed by atoms with Crippen molar-refractivity contribution in [1.82, 2.24) is 24.6 Å². The van der Waals surface area contributed by atoms with E-state index in [4.69, 9.17) is 4.74 Å². The zero-order valence-electron chi connectivity index (χ0n) is 15.8. The molecule has 0 unspecified atom stereocenters. The number of aromatic nitrogens is 3. The van der Waals surface area contributed by atoms with Crippen LogP contribution >= 0.6 is 0 Å². The van der Waals surface area contributed by atoms with Gasteiger partial charge in [0.05, 0.1) is 25.1 Å². The first-order valence-electron chi connectivity index (χ1n) is 9.68. The lowest BCUT2D eigenvalue weighted by Gasteiger charge is -2.26. The maximum atomic E-state index is 12.8. The number of nitrogens with one attached hydrogen (secondary N) is 1. The number of para-hydroxylation sites is 1. The second-order valence-electron chi connectivity index (χ2n) is 6.78. The molecule has 0 atom stereocenters. The zero-order valence-corrected chi connectivity index (χ0v) is 15.8. The maximum absolute atomic E-state index is 12.8. The number of benzene rings is 1. The summed E-state index contributed by atoms with van der Waals surface area (Å²) in [5.74, 6) is 0.634. The minimum atomic E-state index is -0.104. The summed E-state index contributed by atoms with van der Waals surface area (Å²) in [5, 5.41) is 7.52. The van der Waals surface area contributed by atoms with E-state index in [1.165, 1.54) is 0 Å². The van der Waals surface area contributed by atoms with Crippen molar-refractivity contribution in [3.63, 3.8) is 0 Å². The Kier molecular flexibility index (Phi) is 5.84. The fourth-order valence-corrected chi connectivity index (χ4v) is 3.41. The van der Waals surface area contributed by atoms with Crippen LogP contribution in [-0.4, -0.2) is 64.5 Å². The third-order valence-corrected chi connectivity index (χ3v) is 4.88. The average Bonchev–Trinajstić information content (AvgIpc) is 3.42. The molecule has 1 N–H and O–H groups in total. The highest BCUT2D eigenvalue weighted by Crippen LogP contribution is 2.19. The quantitative estimate of drug-likeness (QED) is 0.639. The normalized spacial score (nSPS) is 14.9. The van der Waals surface area contributed by atoms with Crippen molar-refractivity contribution < 1.29 is 9.53 Å². The summed E-state index contributed by atoms with van der Waals surface area (Å²) in [6.07, 6.45) is 6.40. The number of morpholine rings is 1. The minimum absolute atomic E-state index is 0.104. The number of carbonyl (C=O) groups is 1. The van der Waals surface area contributed by atoms with Crippen molar-refractivity contribution in [3.05, 3.63) is 66.6 Å². The number of carbonyl (C=O) groups excluding carboxylic acids is 1. The number of hydrogen-bond donors (Lipinski definition) is 1. The molecule has 1 aliphatic rings. The third kappa shape index (κ3) is 4.16. The molecule has 0 radical (unpaired) electrons. The van der Waals surface area contributed by atoms with Gasteiger partial charge in [0.25, 0.3) is 5.91 Å². The molecule has 2 aromatic heterocycles. The Bertz CT molecular complexity index is 883. The highest BCUT2D eigenvalue weighted by Gasteiger charge is 2.19. The second-order valence-corrected chi connectivity index (χ2v) is 6.78. The van der Waals surface area contributed by atoms with Crippen LogP contribution in [0.15, 0.2) is 61.1 Å². The fraction of sp³-hybridized carbons (Fsp3) is 0.333. The van der Waals surface area contributed by atoms with Crippen molar-refractivity contribution in [2.75, 3.05) is 39.4 Å². The fourth-order valence-electron chi connectivity index (χ4n) is 3.41. The molecule has 1 fully saturated rings. The first-order chi connectivity index (χ1) is 13.8. The van der Waals surface area contributed by atoms with Gasteiger partial charge in [0.15, 0.2) is 5.82 Å². The van der Waals surface area contributed by atoms with Crippen molar-refractivity contribution in [3.8, 4) is 11.5 Å². The Morgan fingerprint density at radius 3 is 2.57 bits per heavy atom. The Balaban J connectivity index is 1.46. The van der Waals surface area contributed by atoms with E-state index in [0.717, 1.165) is 50.8 Å². The molecule has 3 aromatic rings. The molecule has 0 saturated carbocycles. The van der Waals surface area contributed by atoms with E-state index >= 15 is 0 Å². The maximum Gasteiger partial charge on any atom is 0.256 e. The van der Waals surface area contributed by atoms with Crippen LogP contribution in [0.2, 0.25) is 0 Å². The third-order valence-electron chi connectivity index (χ3n) is 4.88. The Morgan fingerprint density at radius 2 is 1.82 bits per heavy atom. The summed E-state index contributed by atoms with van der Waals surface area (Å²) in [6, 6.07) is 13.7. The summed E-state index contributed by atoms with van der Waals surface area (Å²) in [4.78, 5) is 15.2. The predicted octanol–water partition coefficient (Wildman–Crippen LogP) is 2.12. The van der Waals surface area contributed by atoms with E-state index in [2.05, 4.69) is 15.3 Å². The van der Waals surface area contributed by atoms with E-state index in [1.54, 1.807) is 10.9 Å². The van der Waals surface area contributed by atoms with Gasteiger partial charge in [-0.15, -0.1) is 0 Å². The average molecular weight is 379 g/mol. The van der Waals surface area contributed by atoms with Gasteiger partial charge < -0.3 is 14.6 Å². The first kappa shape index (κ1) is 18.5. The number of ether oxygens (including phenoxy) is 1. The molecule has 1 amide bonds. The van der Waals surface area contributed by atoms with Gasteiger partial charge in [-0.3, -0.25) is 9.69 Å². The van der Waals surface area contributed by atoms with Gasteiger partial charge in [-0.25, -0.2) is 4.68 Å². The molecule has 0 bridgehead atoms. The Hall–Kier alpha value is -2.90. The van der Waals surface area contributed by atoms with E-state index < -0.39 is 0 Å². The molecule has 3 heterocycles. The van der Waals surface area contributed by atoms with Gasteiger partial charge >= 0.3 is 0 Å². The zero-order chi connectivity index (χ0) is 19.2. The van der Waals surface area contributed by atoms with Gasteiger partial charge in [-0.1, -0.05) is 18.2 Å². The van der Waals surface area contributed by atoms with Gasteiger partial charge in [0, 0.05) is 32.0 Å². The van der Waals surface area contributed by atoms with Gasteiger partial charge in [-0.2, -0.15) is 5.10 Å². The van der Waals surface area contributed by atoms with Gasteiger partial charge in [0.2, 0.25) is 0 Å². The lowest BCUT2D eigenvalue weighted by molar-refractivity contribution is 0.0374.